The molecule has 2 amide bonds. The first-order valence-corrected chi connectivity index (χ1v) is 14.5. The smallest absolute Gasteiger partial charge is 0.427 e. The molecule has 13 nitrogen and oxygen atoms in total. The Morgan fingerprint density at radius 1 is 0.938 bits per heavy atom. The molecule has 0 saturated heterocycles. The van der Waals surface area contributed by atoms with E-state index in [2.05, 4.69) is 30.6 Å². The molecule has 4 aromatic rings. The van der Waals surface area contributed by atoms with E-state index in [4.69, 9.17) is 16.3 Å². The second-order valence-corrected chi connectivity index (χ2v) is 10.3. The van der Waals surface area contributed by atoms with E-state index in [1.165, 1.54) is 37.3 Å². The Bertz CT molecular complexity index is 1800. The molecule has 2 aromatic heterocycles. The monoisotopic (exact) mass is 704 g/mol. The van der Waals surface area contributed by atoms with Crippen LogP contribution in [0.5, 0.6) is 0 Å². The van der Waals surface area contributed by atoms with Crippen LogP contribution in [0.2, 0.25) is 5.02 Å². The van der Waals surface area contributed by atoms with Gasteiger partial charge in [0.1, 0.15) is 6.54 Å². The van der Waals surface area contributed by atoms with Gasteiger partial charge in [0.25, 0.3) is 0 Å². The molecule has 4 rings (SSSR count). The van der Waals surface area contributed by atoms with Gasteiger partial charge in [0.05, 0.1) is 17.8 Å². The van der Waals surface area contributed by atoms with Gasteiger partial charge >= 0.3 is 30.2 Å². The highest BCUT2D eigenvalue weighted by atomic mass is 35.5. The zero-order valence-corrected chi connectivity index (χ0v) is 25.9. The fourth-order valence-electron chi connectivity index (χ4n) is 4.31. The van der Waals surface area contributed by atoms with E-state index in [-0.39, 0.29) is 41.1 Å². The highest BCUT2D eigenvalue weighted by molar-refractivity contribution is 6.30. The number of alkyl halides is 6. The maximum Gasteiger partial charge on any atom is 0.427 e. The molecule has 0 fully saturated rings. The zero-order chi connectivity index (χ0) is 35.2. The van der Waals surface area contributed by atoms with Gasteiger partial charge < -0.3 is 20.1 Å². The Morgan fingerprint density at radius 3 is 2.21 bits per heavy atom. The summed E-state index contributed by atoms with van der Waals surface area (Å²) in [6, 6.07) is 9.94. The summed E-state index contributed by atoms with van der Waals surface area (Å²) in [6.45, 7) is 0.749. The van der Waals surface area contributed by atoms with Crippen LogP contribution >= 0.6 is 11.6 Å². The molecule has 2 N–H and O–H groups in total. The number of carbonyl (C=O) groups excluding carboxylic acids is 2. The largest absolute Gasteiger partial charge is 0.441 e. The number of aromatic nitrogens is 6. The number of carbonyl (C=O) groups is 2. The van der Waals surface area contributed by atoms with Gasteiger partial charge in [0, 0.05) is 23.7 Å². The highest BCUT2D eigenvalue weighted by Crippen LogP contribution is 2.34. The molecule has 0 aliphatic carbocycles. The predicted molar refractivity (Wildman–Crippen MR) is 156 cm³/mol. The molecule has 0 spiro atoms. The summed E-state index contributed by atoms with van der Waals surface area (Å²) in [5.41, 5.74) is -2.55. The third-order valence-electron chi connectivity index (χ3n) is 6.41. The van der Waals surface area contributed by atoms with Crippen LogP contribution < -0.4 is 16.3 Å². The van der Waals surface area contributed by atoms with Gasteiger partial charge in [0.15, 0.2) is 24.1 Å². The van der Waals surface area contributed by atoms with E-state index in [9.17, 15) is 40.7 Å². The molecule has 48 heavy (non-hydrogen) atoms. The summed E-state index contributed by atoms with van der Waals surface area (Å²) in [4.78, 5) is 41.6. The Labute approximate surface area is 272 Å². The number of amides is 2. The molecule has 0 radical (unpaired) electrons. The minimum Gasteiger partial charge on any atom is -0.441 e. The molecular formula is C28H27ClF6N8O5. The number of rotatable bonds is 11. The maximum absolute atomic E-state index is 14.0. The highest BCUT2D eigenvalue weighted by Gasteiger charge is 2.44. The third-order valence-corrected chi connectivity index (χ3v) is 6.66. The van der Waals surface area contributed by atoms with Crippen molar-refractivity contribution < 1.29 is 45.4 Å². The quantitative estimate of drug-likeness (QED) is 0.209. The molecule has 0 saturated carbocycles. The Hall–Kier alpha value is -5.07. The van der Waals surface area contributed by atoms with Gasteiger partial charge in [-0.3, -0.25) is 4.57 Å². The van der Waals surface area contributed by atoms with Crippen molar-refractivity contribution in [2.24, 2.45) is 0 Å². The van der Waals surface area contributed by atoms with Crippen LogP contribution in [0.3, 0.4) is 0 Å². The minimum absolute atomic E-state index is 0.0271. The van der Waals surface area contributed by atoms with Crippen LogP contribution in [-0.4, -0.2) is 66.7 Å². The number of alkyl carbamates (subject to hydrolysis) is 2. The van der Waals surface area contributed by atoms with Crippen molar-refractivity contribution in [2.45, 2.75) is 52.0 Å². The minimum atomic E-state index is -5.10. The fourth-order valence-corrected chi connectivity index (χ4v) is 4.44. The number of ether oxygens (including phenoxy) is 2. The van der Waals surface area contributed by atoms with Crippen molar-refractivity contribution in [3.05, 3.63) is 81.3 Å². The van der Waals surface area contributed by atoms with Gasteiger partial charge in [-0.1, -0.05) is 23.7 Å². The summed E-state index contributed by atoms with van der Waals surface area (Å²) >= 11 is 5.95. The Balaban J connectivity index is 1.80. The number of benzene rings is 2. The number of para-hydroxylation sites is 1. The second-order valence-electron chi connectivity index (χ2n) is 9.82. The SMILES string of the molecule is CCNC(=O)OCc1nc(Cn2nc(-c3ccc(Cl)cc3)n(C[C@H](OC(=O)NCC)C(F)(F)F)c2=O)nn1-c1ccccc1C(F)(F)F. The first-order valence-electron chi connectivity index (χ1n) is 14.1. The summed E-state index contributed by atoms with van der Waals surface area (Å²) in [5, 5.41) is 13.0. The summed E-state index contributed by atoms with van der Waals surface area (Å²) in [5.74, 6) is -0.861. The standard InChI is InChI=1S/C28H27ClF6N8O5/c1-3-36-24(44)47-15-22-38-21(39-43(22)19-8-6-5-7-18(19)27(30,31)32)14-42-26(46)41(23(40-42)16-9-11-17(29)12-10-16)13-20(28(33,34)35)48-25(45)37-4-2/h5-12,20H,3-4,13-15H2,1-2H3,(H,36,44)(H,37,45)/t20-/m0/s1. The van der Waals surface area contributed by atoms with E-state index in [0.29, 0.717) is 9.25 Å². The molecule has 0 aliphatic rings. The van der Waals surface area contributed by atoms with Crippen LogP contribution in [0.15, 0.2) is 53.3 Å². The Morgan fingerprint density at radius 2 is 1.58 bits per heavy atom. The van der Waals surface area contributed by atoms with Crippen LogP contribution in [0.25, 0.3) is 17.1 Å². The van der Waals surface area contributed by atoms with Crippen LogP contribution in [0.1, 0.15) is 31.1 Å². The number of hydrogen-bond acceptors (Lipinski definition) is 8. The molecule has 2 heterocycles. The molecule has 0 aliphatic heterocycles. The summed E-state index contributed by atoms with van der Waals surface area (Å²) < 4.78 is 95.3. The van der Waals surface area contributed by atoms with Gasteiger partial charge in [-0.15, -0.1) is 10.2 Å². The van der Waals surface area contributed by atoms with Crippen LogP contribution in [0.4, 0.5) is 35.9 Å². The first-order chi connectivity index (χ1) is 22.6. The zero-order valence-electron chi connectivity index (χ0n) is 25.1. The van der Waals surface area contributed by atoms with Crippen molar-refractivity contribution in [3.8, 4) is 17.1 Å². The second kappa shape index (κ2) is 14.8. The third kappa shape index (κ3) is 8.64. The number of nitrogens with zero attached hydrogens (tertiary/aromatic N) is 6. The lowest BCUT2D eigenvalue weighted by Gasteiger charge is -2.21. The lowest BCUT2D eigenvalue weighted by Crippen LogP contribution is -2.42. The van der Waals surface area contributed by atoms with Gasteiger partial charge in [-0.2, -0.15) is 26.3 Å². The summed E-state index contributed by atoms with van der Waals surface area (Å²) in [7, 11) is 0. The van der Waals surface area contributed by atoms with E-state index in [0.717, 1.165) is 22.9 Å². The molecule has 20 heteroatoms. The number of halogens is 7. The fraction of sp³-hybridized carbons (Fsp3) is 0.357. The maximum atomic E-state index is 14.0. The van der Waals surface area contributed by atoms with Crippen molar-refractivity contribution in [1.29, 1.82) is 0 Å². The Kier molecular flexibility index (Phi) is 11.0. The molecule has 1 atom stereocenters. The lowest BCUT2D eigenvalue weighted by atomic mass is 10.1. The van der Waals surface area contributed by atoms with E-state index < -0.39 is 67.3 Å². The van der Waals surface area contributed by atoms with Gasteiger partial charge in [-0.05, 0) is 50.2 Å². The van der Waals surface area contributed by atoms with Crippen molar-refractivity contribution in [1.82, 2.24) is 39.7 Å². The first kappa shape index (κ1) is 35.8. The molecule has 2 aromatic carbocycles. The summed E-state index contributed by atoms with van der Waals surface area (Å²) in [6.07, 6.45) is -15.0. The average Bonchev–Trinajstić information content (AvgIpc) is 3.55. The molecular weight excluding hydrogens is 678 g/mol. The van der Waals surface area contributed by atoms with Crippen LogP contribution in [0, 0.1) is 0 Å². The van der Waals surface area contributed by atoms with E-state index in [1.807, 2.05) is 0 Å². The lowest BCUT2D eigenvalue weighted by molar-refractivity contribution is -0.207. The number of hydrogen-bond donors (Lipinski definition) is 2. The average molecular weight is 705 g/mol. The van der Waals surface area contributed by atoms with Gasteiger partial charge in [0.2, 0.25) is 6.10 Å². The van der Waals surface area contributed by atoms with Crippen molar-refractivity contribution in [3.63, 3.8) is 0 Å². The molecule has 258 valence electrons. The van der Waals surface area contributed by atoms with E-state index >= 15 is 0 Å². The number of nitrogens with one attached hydrogen (secondary N) is 2. The van der Waals surface area contributed by atoms with Crippen LogP contribution in [-0.2, 0) is 35.3 Å². The van der Waals surface area contributed by atoms with Gasteiger partial charge in [-0.25, -0.2) is 28.7 Å². The normalized spacial score (nSPS) is 12.4. The predicted octanol–water partition coefficient (Wildman–Crippen LogP) is 4.94. The van der Waals surface area contributed by atoms with Crippen molar-refractivity contribution in [2.75, 3.05) is 13.1 Å². The van der Waals surface area contributed by atoms with E-state index in [1.54, 1.807) is 6.92 Å². The molecule has 0 unspecified atom stereocenters. The van der Waals surface area contributed by atoms with Crippen molar-refractivity contribution >= 4 is 23.8 Å². The molecule has 0 bridgehead atoms. The topological polar surface area (TPSA) is 147 Å².